The van der Waals surface area contributed by atoms with E-state index in [-0.39, 0.29) is 24.5 Å². The Bertz CT molecular complexity index is 825. The fourth-order valence-electron chi connectivity index (χ4n) is 3.31. The normalized spacial score (nSPS) is 17.5. The lowest BCUT2D eigenvalue weighted by Crippen LogP contribution is -2.40. The number of hydrogen-bond acceptors (Lipinski definition) is 6. The third-order valence-corrected chi connectivity index (χ3v) is 5.26. The van der Waals surface area contributed by atoms with Gasteiger partial charge in [0.15, 0.2) is 0 Å². The second-order valence-corrected chi connectivity index (χ2v) is 8.26. The Labute approximate surface area is 175 Å². The highest BCUT2D eigenvalue weighted by Crippen LogP contribution is 2.17. The average molecular weight is 418 g/mol. The van der Waals surface area contributed by atoms with Gasteiger partial charge in [0.05, 0.1) is 25.3 Å². The van der Waals surface area contributed by atoms with Gasteiger partial charge in [-0.05, 0) is 23.6 Å². The van der Waals surface area contributed by atoms with Gasteiger partial charge in [-0.1, -0.05) is 26.0 Å². The second-order valence-electron chi connectivity index (χ2n) is 7.54. The van der Waals surface area contributed by atoms with Gasteiger partial charge in [0.1, 0.15) is 18.0 Å². The molecule has 0 radical (unpaired) electrons. The number of carbonyl (C=O) groups is 2. The van der Waals surface area contributed by atoms with Crippen LogP contribution in [0.15, 0.2) is 35.2 Å². The Morgan fingerprint density at radius 2 is 2.17 bits per heavy atom. The number of benzene rings is 1. The van der Waals surface area contributed by atoms with Crippen molar-refractivity contribution in [1.29, 1.82) is 0 Å². The summed E-state index contributed by atoms with van der Waals surface area (Å²) >= 11 is 1.36. The summed E-state index contributed by atoms with van der Waals surface area (Å²) in [6.07, 6.45) is -0.283. The average Bonchev–Trinajstić information content (AvgIpc) is 3.19. The van der Waals surface area contributed by atoms with E-state index in [9.17, 15) is 9.59 Å². The lowest BCUT2D eigenvalue weighted by atomic mass is 10.2. The number of methoxy groups -OCH3 is 1. The van der Waals surface area contributed by atoms with E-state index in [2.05, 4.69) is 18.8 Å². The number of thiazole rings is 1. The van der Waals surface area contributed by atoms with Gasteiger partial charge < -0.3 is 19.3 Å². The van der Waals surface area contributed by atoms with Crippen molar-refractivity contribution < 1.29 is 19.1 Å². The van der Waals surface area contributed by atoms with Crippen LogP contribution in [0.5, 0.6) is 5.75 Å². The Balaban J connectivity index is 1.74. The van der Waals surface area contributed by atoms with Crippen molar-refractivity contribution in [3.8, 4) is 5.75 Å². The summed E-state index contributed by atoms with van der Waals surface area (Å²) in [5.74, 6) is 0.804. The van der Waals surface area contributed by atoms with E-state index >= 15 is 0 Å². The summed E-state index contributed by atoms with van der Waals surface area (Å²) in [6.45, 7) is 6.01. The molecule has 1 aromatic carbocycles. The third kappa shape index (κ3) is 5.77. The number of aromatic nitrogens is 1. The van der Waals surface area contributed by atoms with E-state index in [0.717, 1.165) is 11.3 Å². The molecular formula is C21H27N3O4S. The summed E-state index contributed by atoms with van der Waals surface area (Å²) < 4.78 is 11.4. The van der Waals surface area contributed by atoms with Crippen molar-refractivity contribution in [3.05, 3.63) is 46.4 Å². The first-order valence-corrected chi connectivity index (χ1v) is 10.6. The molecule has 7 nitrogen and oxygen atoms in total. The van der Waals surface area contributed by atoms with Gasteiger partial charge in [0.25, 0.3) is 5.91 Å². The number of carbonyl (C=O) groups excluding carboxylic acids is 2. The van der Waals surface area contributed by atoms with E-state index in [1.54, 1.807) is 27.8 Å². The first-order valence-electron chi connectivity index (χ1n) is 9.66. The maximum absolute atomic E-state index is 12.8. The van der Waals surface area contributed by atoms with Crippen LogP contribution in [0.4, 0.5) is 0 Å². The van der Waals surface area contributed by atoms with Crippen LogP contribution in [-0.4, -0.2) is 66.0 Å². The smallest absolute Gasteiger partial charge is 0.273 e. The molecule has 0 aliphatic carbocycles. The van der Waals surface area contributed by atoms with Crippen LogP contribution < -0.4 is 4.74 Å². The minimum Gasteiger partial charge on any atom is -0.497 e. The molecule has 1 saturated heterocycles. The molecular weight excluding hydrogens is 390 g/mol. The molecule has 1 aliphatic rings. The standard InChI is InChI=1S/C21H27N3O4S/c1-15(2)8-23-9-18(28-12-16-5-4-6-17(7-16)27-3)10-24(11-20(23)25)21(26)19-13-29-14-22-19/h4-7,13-15,18H,8-12H2,1-3H3/t18-/m1/s1. The number of ether oxygens (including phenoxy) is 2. The lowest BCUT2D eigenvalue weighted by molar-refractivity contribution is -0.132. The van der Waals surface area contributed by atoms with Gasteiger partial charge in [-0.3, -0.25) is 9.59 Å². The van der Waals surface area contributed by atoms with E-state index in [4.69, 9.17) is 9.47 Å². The molecule has 0 bridgehead atoms. The fraction of sp³-hybridized carbons (Fsp3) is 0.476. The van der Waals surface area contributed by atoms with E-state index < -0.39 is 0 Å². The molecule has 156 valence electrons. The van der Waals surface area contributed by atoms with Crippen LogP contribution in [0.2, 0.25) is 0 Å². The van der Waals surface area contributed by atoms with Crippen LogP contribution in [0.3, 0.4) is 0 Å². The molecule has 3 rings (SSSR count). The first-order chi connectivity index (χ1) is 14.0. The molecule has 0 N–H and O–H groups in total. The maximum atomic E-state index is 12.8. The predicted molar refractivity (Wildman–Crippen MR) is 111 cm³/mol. The van der Waals surface area contributed by atoms with Crippen LogP contribution in [0.25, 0.3) is 0 Å². The molecule has 29 heavy (non-hydrogen) atoms. The zero-order valence-corrected chi connectivity index (χ0v) is 17.9. The van der Waals surface area contributed by atoms with Gasteiger partial charge in [-0.25, -0.2) is 4.98 Å². The number of hydrogen-bond donors (Lipinski definition) is 0. The van der Waals surface area contributed by atoms with Gasteiger partial charge in [-0.2, -0.15) is 0 Å². The summed E-state index contributed by atoms with van der Waals surface area (Å²) in [7, 11) is 1.63. The highest BCUT2D eigenvalue weighted by molar-refractivity contribution is 7.07. The minimum absolute atomic E-state index is 0.0437. The Morgan fingerprint density at radius 1 is 1.34 bits per heavy atom. The van der Waals surface area contributed by atoms with Crippen LogP contribution in [0, 0.1) is 5.92 Å². The zero-order chi connectivity index (χ0) is 20.8. The molecule has 2 amide bonds. The van der Waals surface area contributed by atoms with Gasteiger partial charge in [0.2, 0.25) is 5.91 Å². The molecule has 1 aliphatic heterocycles. The second kappa shape index (κ2) is 9.84. The minimum atomic E-state index is -0.283. The topological polar surface area (TPSA) is 72.0 Å². The quantitative estimate of drug-likeness (QED) is 0.693. The van der Waals surface area contributed by atoms with Crippen LogP contribution in [0.1, 0.15) is 29.9 Å². The van der Waals surface area contributed by atoms with Crippen molar-refractivity contribution in [2.24, 2.45) is 5.92 Å². The molecule has 1 aromatic heterocycles. The predicted octanol–water partition coefficient (Wildman–Crippen LogP) is 2.68. The number of nitrogens with zero attached hydrogens (tertiary/aromatic N) is 3. The summed E-state index contributed by atoms with van der Waals surface area (Å²) in [5.41, 5.74) is 2.97. The number of rotatable bonds is 7. The first kappa shape index (κ1) is 21.3. The molecule has 0 spiro atoms. The van der Waals surface area contributed by atoms with Gasteiger partial charge in [0, 0.05) is 25.0 Å². The SMILES string of the molecule is COc1cccc(CO[C@@H]2CN(CC(C)C)C(=O)CN(C(=O)c3cscn3)C2)c1. The van der Waals surface area contributed by atoms with Crippen LogP contribution in [-0.2, 0) is 16.1 Å². The third-order valence-electron chi connectivity index (χ3n) is 4.67. The van der Waals surface area contributed by atoms with Crippen molar-refractivity contribution >= 4 is 23.2 Å². The molecule has 0 unspecified atom stereocenters. The zero-order valence-electron chi connectivity index (χ0n) is 17.0. The van der Waals surface area contributed by atoms with Crippen molar-refractivity contribution in [2.45, 2.75) is 26.6 Å². The fourth-order valence-corrected chi connectivity index (χ4v) is 3.84. The summed E-state index contributed by atoms with van der Waals surface area (Å²) in [4.78, 5) is 33.0. The Hall–Kier alpha value is -2.45. The molecule has 0 saturated carbocycles. The molecule has 8 heteroatoms. The molecule has 1 fully saturated rings. The Kier molecular flexibility index (Phi) is 7.22. The van der Waals surface area contributed by atoms with Crippen molar-refractivity contribution in [3.63, 3.8) is 0 Å². The van der Waals surface area contributed by atoms with Crippen LogP contribution >= 0.6 is 11.3 Å². The largest absolute Gasteiger partial charge is 0.497 e. The maximum Gasteiger partial charge on any atom is 0.273 e. The van der Waals surface area contributed by atoms with Crippen molar-refractivity contribution in [2.75, 3.05) is 33.3 Å². The summed E-state index contributed by atoms with van der Waals surface area (Å²) in [6, 6.07) is 7.68. The number of amides is 2. The lowest BCUT2D eigenvalue weighted by Gasteiger charge is -2.26. The molecule has 2 aromatic rings. The van der Waals surface area contributed by atoms with E-state index in [1.165, 1.54) is 11.3 Å². The highest BCUT2D eigenvalue weighted by Gasteiger charge is 2.32. The molecule has 1 atom stereocenters. The highest BCUT2D eigenvalue weighted by atomic mass is 32.1. The van der Waals surface area contributed by atoms with Crippen molar-refractivity contribution in [1.82, 2.24) is 14.8 Å². The van der Waals surface area contributed by atoms with Gasteiger partial charge >= 0.3 is 0 Å². The monoisotopic (exact) mass is 417 g/mol. The van der Waals surface area contributed by atoms with Gasteiger partial charge in [-0.15, -0.1) is 11.3 Å². The van der Waals surface area contributed by atoms with E-state index in [0.29, 0.717) is 37.9 Å². The Morgan fingerprint density at radius 3 is 2.86 bits per heavy atom. The summed E-state index contributed by atoms with van der Waals surface area (Å²) in [5, 5.41) is 1.70. The van der Waals surface area contributed by atoms with E-state index in [1.807, 2.05) is 24.3 Å². The molecule has 2 heterocycles.